The second kappa shape index (κ2) is 8.61. The number of hydrogen-bond acceptors (Lipinski definition) is 5. The van der Waals surface area contributed by atoms with E-state index in [1.807, 2.05) is 7.05 Å². The number of nitrogens with two attached hydrogens (primary N) is 1. The van der Waals surface area contributed by atoms with E-state index in [0.29, 0.717) is 23.8 Å². The minimum Gasteiger partial charge on any atom is -0.398 e. The molecule has 2 aromatic rings. The number of ketones is 1. The third-order valence-electron chi connectivity index (χ3n) is 4.92. The van der Waals surface area contributed by atoms with Gasteiger partial charge >= 0.3 is 0 Å². The molecule has 0 atom stereocenters. The highest BCUT2D eigenvalue weighted by molar-refractivity contribution is 7.89. The van der Waals surface area contributed by atoms with Gasteiger partial charge in [-0.05, 0) is 42.4 Å². The first-order valence-electron chi connectivity index (χ1n) is 9.09. The van der Waals surface area contributed by atoms with E-state index < -0.39 is 10.0 Å². The highest BCUT2D eigenvalue weighted by Gasteiger charge is 2.27. The van der Waals surface area contributed by atoms with Crippen molar-refractivity contribution >= 4 is 33.1 Å². The fourth-order valence-corrected chi connectivity index (χ4v) is 4.79. The van der Waals surface area contributed by atoms with E-state index in [-0.39, 0.29) is 23.5 Å². The molecule has 0 bridgehead atoms. The Morgan fingerprint density at radius 2 is 1.68 bits per heavy atom. The lowest BCUT2D eigenvalue weighted by Crippen LogP contribution is -2.46. The van der Waals surface area contributed by atoms with Crippen LogP contribution < -0.4 is 5.73 Å². The predicted molar refractivity (Wildman–Crippen MR) is 111 cm³/mol. The molecule has 8 heteroatoms. The zero-order valence-corrected chi connectivity index (χ0v) is 17.3. The van der Waals surface area contributed by atoms with Gasteiger partial charge in [-0.1, -0.05) is 29.8 Å². The Balaban J connectivity index is 1.64. The first-order valence-corrected chi connectivity index (χ1v) is 10.9. The number of piperazine rings is 1. The lowest BCUT2D eigenvalue weighted by atomic mass is 10.0. The zero-order chi connectivity index (χ0) is 20.3. The number of likely N-dealkylation sites (N-methyl/N-ethyl adjacent to an activating group) is 1. The molecular weight excluding hydrogens is 398 g/mol. The average molecular weight is 422 g/mol. The van der Waals surface area contributed by atoms with Crippen LogP contribution in [0.1, 0.15) is 11.1 Å². The molecule has 0 radical (unpaired) electrons. The lowest BCUT2D eigenvalue weighted by molar-refractivity contribution is -0.117. The van der Waals surface area contributed by atoms with Crippen LogP contribution in [0.2, 0.25) is 5.02 Å². The summed E-state index contributed by atoms with van der Waals surface area (Å²) in [4.78, 5) is 14.7. The van der Waals surface area contributed by atoms with Crippen molar-refractivity contribution in [2.45, 2.75) is 17.7 Å². The predicted octanol–water partition coefficient (Wildman–Crippen LogP) is 2.21. The zero-order valence-electron chi connectivity index (χ0n) is 15.8. The molecule has 6 nitrogen and oxygen atoms in total. The third-order valence-corrected chi connectivity index (χ3v) is 7.07. The molecule has 1 aliphatic heterocycles. The summed E-state index contributed by atoms with van der Waals surface area (Å²) in [5, 5.41) is 0.533. The number of hydrogen-bond donors (Lipinski definition) is 1. The smallest absolute Gasteiger partial charge is 0.243 e. The maximum atomic E-state index is 12.7. The largest absolute Gasteiger partial charge is 0.398 e. The standard InChI is InChI=1S/C20H24ClN3O3S/c1-23-8-10-24(11-9-23)28(26,27)19-6-2-15(3-7-19)12-18(25)13-16-4-5-17(21)14-20(16)22/h2-7,14H,8-13,22H2,1H3. The summed E-state index contributed by atoms with van der Waals surface area (Å²) in [6, 6.07) is 11.6. The van der Waals surface area contributed by atoms with E-state index in [4.69, 9.17) is 17.3 Å². The Labute approximate surface area is 170 Å². The molecule has 1 fully saturated rings. The van der Waals surface area contributed by atoms with Crippen molar-refractivity contribution in [3.05, 3.63) is 58.6 Å². The molecule has 0 spiro atoms. The van der Waals surface area contributed by atoms with Gasteiger partial charge in [0.05, 0.1) is 4.90 Å². The van der Waals surface area contributed by atoms with Crippen LogP contribution in [0.15, 0.2) is 47.4 Å². The molecule has 28 heavy (non-hydrogen) atoms. The van der Waals surface area contributed by atoms with Crippen molar-refractivity contribution in [2.75, 3.05) is 39.0 Å². The summed E-state index contributed by atoms with van der Waals surface area (Å²) < 4.78 is 27.0. The number of halogens is 1. The van der Waals surface area contributed by atoms with Gasteiger partial charge in [-0.2, -0.15) is 4.31 Å². The van der Waals surface area contributed by atoms with Gasteiger partial charge in [-0.3, -0.25) is 4.79 Å². The average Bonchev–Trinajstić information content (AvgIpc) is 2.65. The van der Waals surface area contributed by atoms with Gasteiger partial charge in [-0.25, -0.2) is 8.42 Å². The van der Waals surface area contributed by atoms with Crippen molar-refractivity contribution in [2.24, 2.45) is 0 Å². The highest BCUT2D eigenvalue weighted by atomic mass is 35.5. The normalized spacial score (nSPS) is 16.2. The number of benzene rings is 2. The maximum absolute atomic E-state index is 12.7. The van der Waals surface area contributed by atoms with Gasteiger partial charge in [0.2, 0.25) is 10.0 Å². The number of nitrogen functional groups attached to an aromatic ring is 1. The molecule has 0 aromatic heterocycles. The molecular formula is C20H24ClN3O3S. The van der Waals surface area contributed by atoms with Crippen LogP contribution in [0.5, 0.6) is 0 Å². The van der Waals surface area contributed by atoms with Crippen molar-refractivity contribution in [3.8, 4) is 0 Å². The second-order valence-electron chi connectivity index (χ2n) is 7.09. The molecule has 0 unspecified atom stereocenters. The highest BCUT2D eigenvalue weighted by Crippen LogP contribution is 2.21. The van der Waals surface area contributed by atoms with Crippen LogP contribution in [0.3, 0.4) is 0 Å². The van der Waals surface area contributed by atoms with Crippen molar-refractivity contribution in [1.29, 1.82) is 0 Å². The summed E-state index contributed by atoms with van der Waals surface area (Å²) in [5.74, 6) is 0.00342. The van der Waals surface area contributed by atoms with Gasteiger partial charge in [-0.15, -0.1) is 0 Å². The van der Waals surface area contributed by atoms with E-state index in [1.54, 1.807) is 42.5 Å². The van der Waals surface area contributed by atoms with E-state index in [2.05, 4.69) is 4.90 Å². The Morgan fingerprint density at radius 3 is 2.29 bits per heavy atom. The SMILES string of the molecule is CN1CCN(S(=O)(=O)c2ccc(CC(=O)Cc3ccc(Cl)cc3N)cc2)CC1. The number of carbonyl (C=O) groups excluding carboxylic acids is 1. The molecule has 1 heterocycles. The van der Waals surface area contributed by atoms with E-state index >= 15 is 0 Å². The summed E-state index contributed by atoms with van der Waals surface area (Å²) in [6.45, 7) is 2.42. The number of sulfonamides is 1. The lowest BCUT2D eigenvalue weighted by Gasteiger charge is -2.31. The summed E-state index contributed by atoms with van der Waals surface area (Å²) in [7, 11) is -1.52. The van der Waals surface area contributed by atoms with Gasteiger partial charge in [0.1, 0.15) is 5.78 Å². The Morgan fingerprint density at radius 1 is 1.04 bits per heavy atom. The number of carbonyl (C=O) groups is 1. The van der Waals surface area contributed by atoms with Crippen molar-refractivity contribution in [1.82, 2.24) is 9.21 Å². The Kier molecular flexibility index (Phi) is 6.40. The summed E-state index contributed by atoms with van der Waals surface area (Å²) in [5.41, 5.74) is 7.91. The van der Waals surface area contributed by atoms with Crippen LogP contribution in [0, 0.1) is 0 Å². The van der Waals surface area contributed by atoms with Crippen molar-refractivity contribution < 1.29 is 13.2 Å². The van der Waals surface area contributed by atoms with Crippen LogP contribution >= 0.6 is 11.6 Å². The maximum Gasteiger partial charge on any atom is 0.243 e. The van der Waals surface area contributed by atoms with Gasteiger partial charge < -0.3 is 10.6 Å². The fourth-order valence-electron chi connectivity index (χ4n) is 3.19. The van der Waals surface area contributed by atoms with Crippen LogP contribution in [0.25, 0.3) is 0 Å². The molecule has 3 rings (SSSR count). The summed E-state index contributed by atoms with van der Waals surface area (Å²) >= 11 is 5.88. The molecule has 0 amide bonds. The number of nitrogens with zero attached hydrogens (tertiary/aromatic N) is 2. The number of rotatable bonds is 6. The van der Waals surface area contributed by atoms with E-state index in [9.17, 15) is 13.2 Å². The topological polar surface area (TPSA) is 83.7 Å². The van der Waals surface area contributed by atoms with Crippen LogP contribution in [-0.4, -0.2) is 56.6 Å². The molecule has 2 aromatic carbocycles. The van der Waals surface area contributed by atoms with Gasteiger partial charge in [0, 0.05) is 49.7 Å². The Bertz CT molecular complexity index is 953. The quantitative estimate of drug-likeness (QED) is 0.723. The first kappa shape index (κ1) is 20.8. The second-order valence-corrected chi connectivity index (χ2v) is 9.46. The minimum absolute atomic E-state index is 0.00342. The molecule has 1 saturated heterocycles. The molecule has 2 N–H and O–H groups in total. The molecule has 0 aliphatic carbocycles. The minimum atomic E-state index is -3.50. The van der Waals surface area contributed by atoms with Crippen LogP contribution in [-0.2, 0) is 27.7 Å². The summed E-state index contributed by atoms with van der Waals surface area (Å²) in [6.07, 6.45) is 0.432. The van der Waals surface area contributed by atoms with Gasteiger partial charge in [0.15, 0.2) is 0 Å². The van der Waals surface area contributed by atoms with E-state index in [0.717, 1.165) is 24.2 Å². The monoisotopic (exact) mass is 421 g/mol. The van der Waals surface area contributed by atoms with Crippen LogP contribution in [0.4, 0.5) is 5.69 Å². The number of anilines is 1. The fraction of sp³-hybridized carbons (Fsp3) is 0.350. The molecule has 0 saturated carbocycles. The number of Topliss-reactive ketones (excluding diaryl/α,β-unsaturated/α-hetero) is 1. The molecule has 1 aliphatic rings. The molecule has 150 valence electrons. The van der Waals surface area contributed by atoms with Gasteiger partial charge in [0.25, 0.3) is 0 Å². The first-order chi connectivity index (χ1) is 13.3. The van der Waals surface area contributed by atoms with E-state index in [1.165, 1.54) is 4.31 Å². The third kappa shape index (κ3) is 4.91. The van der Waals surface area contributed by atoms with Crippen molar-refractivity contribution in [3.63, 3.8) is 0 Å². The Hall–Kier alpha value is -1.93.